The molecule has 0 radical (unpaired) electrons. The highest BCUT2D eigenvalue weighted by molar-refractivity contribution is 5.65. The van der Waals surface area contributed by atoms with E-state index in [1.165, 1.54) is 10.8 Å². The summed E-state index contributed by atoms with van der Waals surface area (Å²) < 4.78 is 27.0. The first-order chi connectivity index (χ1) is 20.1. The predicted molar refractivity (Wildman–Crippen MR) is 152 cm³/mol. The van der Waals surface area contributed by atoms with Crippen LogP contribution in [0, 0.1) is 0 Å². The van der Waals surface area contributed by atoms with Crippen LogP contribution in [0.1, 0.15) is 22.4 Å². The quantitative estimate of drug-likeness (QED) is 0.250. The first-order valence-electron chi connectivity index (χ1n) is 13.5. The van der Waals surface area contributed by atoms with E-state index in [0.29, 0.717) is 24.4 Å². The van der Waals surface area contributed by atoms with Crippen molar-refractivity contribution in [3.05, 3.63) is 132 Å². The van der Waals surface area contributed by atoms with Crippen LogP contribution in [0.3, 0.4) is 0 Å². The number of aliphatic hydroxyl groups is 1. The Morgan fingerprint density at radius 3 is 2.00 bits per heavy atom. The van der Waals surface area contributed by atoms with Crippen molar-refractivity contribution in [3.8, 4) is 0 Å². The summed E-state index contributed by atoms with van der Waals surface area (Å²) in [4.78, 5) is 4.07. The van der Waals surface area contributed by atoms with Gasteiger partial charge in [0.2, 0.25) is 5.79 Å². The van der Waals surface area contributed by atoms with Crippen LogP contribution in [-0.2, 0) is 44.6 Å². The van der Waals surface area contributed by atoms with Crippen molar-refractivity contribution in [2.45, 2.75) is 43.9 Å². The summed E-state index contributed by atoms with van der Waals surface area (Å²) in [5, 5.41) is 16.7. The lowest BCUT2D eigenvalue weighted by Crippen LogP contribution is -2.45. The first kappa shape index (κ1) is 27.1. The molecule has 2 aromatic heterocycles. The standard InChI is InChI=1S/C32H32N4O5/c33-31-26-16-17-28(36(26)35-22-34-31)32(37)30(40-20-25-14-8-3-9-15-25)29(39-19-24-12-6-2-7-13-24)27(41-32)21-38-18-23-10-4-1-5-11-23/h1-17,22,27,29-30,37H,18-21H2,(H2,33,34,35)/t27-,29-,30-,32?/m1/s1. The van der Waals surface area contributed by atoms with Crippen LogP contribution in [0.2, 0.25) is 0 Å². The summed E-state index contributed by atoms with van der Waals surface area (Å²) in [7, 11) is 0. The molecule has 1 aliphatic heterocycles. The van der Waals surface area contributed by atoms with Crippen LogP contribution in [-0.4, -0.2) is 44.6 Å². The van der Waals surface area contributed by atoms with Crippen molar-refractivity contribution < 1.29 is 24.1 Å². The van der Waals surface area contributed by atoms with Gasteiger partial charge >= 0.3 is 0 Å². The van der Waals surface area contributed by atoms with Gasteiger partial charge in [0, 0.05) is 0 Å². The normalized spacial score (nSPS) is 22.3. The fourth-order valence-corrected chi connectivity index (χ4v) is 5.14. The highest BCUT2D eigenvalue weighted by Gasteiger charge is 2.58. The molecule has 3 aromatic carbocycles. The lowest BCUT2D eigenvalue weighted by molar-refractivity contribution is -0.255. The van der Waals surface area contributed by atoms with Crippen molar-refractivity contribution in [1.82, 2.24) is 14.6 Å². The Morgan fingerprint density at radius 2 is 1.37 bits per heavy atom. The summed E-state index contributed by atoms with van der Waals surface area (Å²) >= 11 is 0. The smallest absolute Gasteiger partial charge is 0.240 e. The van der Waals surface area contributed by atoms with E-state index < -0.39 is 24.1 Å². The average molecular weight is 553 g/mol. The number of hydrogen-bond donors (Lipinski definition) is 2. The van der Waals surface area contributed by atoms with Crippen LogP contribution in [0.5, 0.6) is 0 Å². The lowest BCUT2D eigenvalue weighted by Gasteiger charge is -2.30. The van der Waals surface area contributed by atoms with Gasteiger partial charge in [0.25, 0.3) is 0 Å². The van der Waals surface area contributed by atoms with Crippen LogP contribution in [0.25, 0.3) is 5.52 Å². The second-order valence-electron chi connectivity index (χ2n) is 9.99. The molecular formula is C32H32N4O5. The molecule has 6 rings (SSSR count). The summed E-state index contributed by atoms with van der Waals surface area (Å²) in [6.45, 7) is 1.09. The molecule has 210 valence electrons. The van der Waals surface area contributed by atoms with E-state index in [1.807, 2.05) is 91.0 Å². The molecule has 3 heterocycles. The van der Waals surface area contributed by atoms with Crippen LogP contribution in [0.15, 0.2) is 109 Å². The summed E-state index contributed by atoms with van der Waals surface area (Å²) in [6.07, 6.45) is -0.915. The van der Waals surface area contributed by atoms with Crippen molar-refractivity contribution in [2.75, 3.05) is 12.3 Å². The molecule has 5 aromatic rings. The van der Waals surface area contributed by atoms with Gasteiger partial charge in [0.1, 0.15) is 35.8 Å². The van der Waals surface area contributed by atoms with Crippen molar-refractivity contribution in [1.29, 1.82) is 0 Å². The number of rotatable bonds is 11. The molecule has 4 atom stereocenters. The summed E-state index contributed by atoms with van der Waals surface area (Å²) in [5.41, 5.74) is 9.98. The van der Waals surface area contributed by atoms with E-state index in [2.05, 4.69) is 10.1 Å². The average Bonchev–Trinajstić information content (AvgIpc) is 3.57. The van der Waals surface area contributed by atoms with Crippen LogP contribution in [0.4, 0.5) is 5.82 Å². The number of fused-ring (bicyclic) bond motifs is 1. The zero-order valence-corrected chi connectivity index (χ0v) is 22.5. The molecular weight excluding hydrogens is 520 g/mol. The molecule has 1 saturated heterocycles. The first-order valence-corrected chi connectivity index (χ1v) is 13.5. The SMILES string of the molecule is Nc1ncnn2c(C3(O)O[C@H](COCc4ccccc4)[C@@H](OCc4ccccc4)[C@H]3OCc3ccccc3)ccc12. The van der Waals surface area contributed by atoms with E-state index in [9.17, 15) is 5.11 Å². The van der Waals surface area contributed by atoms with E-state index in [4.69, 9.17) is 24.7 Å². The number of hydrogen-bond acceptors (Lipinski definition) is 8. The van der Waals surface area contributed by atoms with Gasteiger partial charge in [-0.3, -0.25) is 0 Å². The number of aromatic nitrogens is 3. The van der Waals surface area contributed by atoms with Gasteiger partial charge in [-0.05, 0) is 28.8 Å². The third kappa shape index (κ3) is 5.85. The Morgan fingerprint density at radius 1 is 0.780 bits per heavy atom. The molecule has 0 saturated carbocycles. The third-order valence-corrected chi connectivity index (χ3v) is 7.18. The number of nitrogens with zero attached hydrogens (tertiary/aromatic N) is 3. The van der Waals surface area contributed by atoms with Gasteiger partial charge in [0.05, 0.1) is 26.4 Å². The molecule has 9 heteroatoms. The highest BCUT2D eigenvalue weighted by Crippen LogP contribution is 2.42. The molecule has 1 fully saturated rings. The van der Waals surface area contributed by atoms with Crippen molar-refractivity contribution in [2.24, 2.45) is 0 Å². The topological polar surface area (TPSA) is 113 Å². The number of benzene rings is 3. The van der Waals surface area contributed by atoms with E-state index >= 15 is 0 Å². The third-order valence-electron chi connectivity index (χ3n) is 7.18. The van der Waals surface area contributed by atoms with Crippen LogP contribution >= 0.6 is 0 Å². The van der Waals surface area contributed by atoms with Gasteiger partial charge < -0.3 is 29.8 Å². The maximum atomic E-state index is 12.3. The zero-order chi connectivity index (χ0) is 28.1. The summed E-state index contributed by atoms with van der Waals surface area (Å²) in [6, 6.07) is 33.0. The minimum absolute atomic E-state index is 0.169. The Labute approximate surface area is 238 Å². The molecule has 0 spiro atoms. The molecule has 1 unspecified atom stereocenters. The van der Waals surface area contributed by atoms with E-state index in [-0.39, 0.29) is 19.0 Å². The minimum Gasteiger partial charge on any atom is -0.382 e. The predicted octanol–water partition coefficient (Wildman–Crippen LogP) is 4.24. The largest absolute Gasteiger partial charge is 0.382 e. The Hall–Kier alpha value is -4.12. The number of ether oxygens (including phenoxy) is 4. The fraction of sp³-hybridized carbons (Fsp3) is 0.250. The van der Waals surface area contributed by atoms with Gasteiger partial charge in [-0.25, -0.2) is 9.50 Å². The van der Waals surface area contributed by atoms with E-state index in [1.54, 1.807) is 12.1 Å². The van der Waals surface area contributed by atoms with Gasteiger partial charge in [-0.1, -0.05) is 91.0 Å². The molecule has 9 nitrogen and oxygen atoms in total. The number of nitrogen functional groups attached to an aromatic ring is 1. The Bertz CT molecular complexity index is 1550. The highest BCUT2D eigenvalue weighted by atomic mass is 16.7. The molecule has 0 aliphatic carbocycles. The number of anilines is 1. The van der Waals surface area contributed by atoms with Crippen LogP contribution < -0.4 is 5.73 Å². The summed E-state index contributed by atoms with van der Waals surface area (Å²) in [5.74, 6) is -1.64. The maximum Gasteiger partial charge on any atom is 0.240 e. The second-order valence-corrected chi connectivity index (χ2v) is 9.99. The maximum absolute atomic E-state index is 12.3. The second kappa shape index (κ2) is 12.2. The monoisotopic (exact) mass is 552 g/mol. The molecule has 41 heavy (non-hydrogen) atoms. The van der Waals surface area contributed by atoms with Crippen molar-refractivity contribution in [3.63, 3.8) is 0 Å². The lowest BCUT2D eigenvalue weighted by atomic mass is 10.0. The van der Waals surface area contributed by atoms with Crippen molar-refractivity contribution >= 4 is 11.3 Å². The molecule has 0 bridgehead atoms. The molecule has 3 N–H and O–H groups in total. The van der Waals surface area contributed by atoms with E-state index in [0.717, 1.165) is 16.7 Å². The Balaban J connectivity index is 1.33. The molecule has 1 aliphatic rings. The molecule has 0 amide bonds. The minimum atomic E-state index is -1.93. The number of nitrogens with two attached hydrogens (primary N) is 1. The van der Waals surface area contributed by atoms with Gasteiger partial charge in [-0.2, -0.15) is 5.10 Å². The van der Waals surface area contributed by atoms with Gasteiger partial charge in [-0.15, -0.1) is 0 Å². The van der Waals surface area contributed by atoms with Gasteiger partial charge in [0.15, 0.2) is 5.82 Å². The fourth-order valence-electron chi connectivity index (χ4n) is 5.14. The Kier molecular flexibility index (Phi) is 8.04. The zero-order valence-electron chi connectivity index (χ0n) is 22.5.